The van der Waals surface area contributed by atoms with Crippen LogP contribution in [-0.4, -0.2) is 23.9 Å². The molecule has 0 aliphatic carbocycles. The van der Waals surface area contributed by atoms with E-state index in [-0.39, 0.29) is 16.4 Å². The molecule has 33 heavy (non-hydrogen) atoms. The van der Waals surface area contributed by atoms with Crippen LogP contribution in [0.1, 0.15) is 17.2 Å². The number of esters is 1. The highest BCUT2D eigenvalue weighted by atomic mass is 35.5. The molecule has 1 N–H and O–H groups in total. The van der Waals surface area contributed by atoms with Gasteiger partial charge in [0, 0.05) is 23.8 Å². The quantitative estimate of drug-likeness (QED) is 0.212. The summed E-state index contributed by atoms with van der Waals surface area (Å²) in [6.07, 6.45) is 1.49. The number of amides is 1. The lowest BCUT2D eigenvalue weighted by molar-refractivity contribution is -0.384. The number of hydrogen-bond donors (Lipinski definition) is 1. The number of rotatable bonds is 8. The number of nitro benzene ring substituents is 1. The van der Waals surface area contributed by atoms with Gasteiger partial charge in [0.25, 0.3) is 11.6 Å². The SMILES string of the molecule is COc1ccc(/C=C/C(=O)OC(C(=O)Nc2ccc([N+](=O)[O-])cc2Cl)c2ccccc2)cc1. The number of methoxy groups -OCH3 is 1. The van der Waals surface area contributed by atoms with Crippen molar-refractivity contribution in [2.24, 2.45) is 0 Å². The van der Waals surface area contributed by atoms with Crippen molar-refractivity contribution in [2.45, 2.75) is 6.10 Å². The summed E-state index contributed by atoms with van der Waals surface area (Å²) >= 11 is 6.07. The Bertz CT molecular complexity index is 1180. The second kappa shape index (κ2) is 10.9. The number of carbonyl (C=O) groups is 2. The molecule has 0 bridgehead atoms. The highest BCUT2D eigenvalue weighted by Crippen LogP contribution is 2.28. The molecule has 1 atom stereocenters. The molecule has 3 rings (SSSR count). The number of non-ortho nitro benzene ring substituents is 1. The van der Waals surface area contributed by atoms with Gasteiger partial charge in [-0.3, -0.25) is 14.9 Å². The van der Waals surface area contributed by atoms with E-state index in [1.54, 1.807) is 67.8 Å². The Kier molecular flexibility index (Phi) is 7.77. The van der Waals surface area contributed by atoms with E-state index in [9.17, 15) is 19.7 Å². The first-order valence-electron chi connectivity index (χ1n) is 9.70. The molecule has 3 aromatic rings. The molecule has 0 spiro atoms. The van der Waals surface area contributed by atoms with Gasteiger partial charge in [-0.2, -0.15) is 0 Å². The summed E-state index contributed by atoms with van der Waals surface area (Å²) in [5.74, 6) is -0.715. The number of halogens is 1. The average molecular weight is 467 g/mol. The number of ether oxygens (including phenoxy) is 2. The van der Waals surface area contributed by atoms with E-state index in [0.717, 1.165) is 11.6 Å². The monoisotopic (exact) mass is 466 g/mol. The molecule has 0 radical (unpaired) electrons. The molecule has 0 saturated carbocycles. The molecular weight excluding hydrogens is 448 g/mol. The third-order valence-electron chi connectivity index (χ3n) is 4.52. The van der Waals surface area contributed by atoms with Crippen molar-refractivity contribution in [2.75, 3.05) is 12.4 Å². The van der Waals surface area contributed by atoms with Crippen LogP contribution in [0.2, 0.25) is 5.02 Å². The van der Waals surface area contributed by atoms with Crippen LogP contribution in [-0.2, 0) is 14.3 Å². The van der Waals surface area contributed by atoms with Crippen molar-refractivity contribution >= 4 is 40.9 Å². The summed E-state index contributed by atoms with van der Waals surface area (Å²) in [6, 6.07) is 19.1. The molecule has 0 aromatic heterocycles. The molecule has 1 unspecified atom stereocenters. The van der Waals surface area contributed by atoms with E-state index in [1.807, 2.05) is 0 Å². The molecule has 0 saturated heterocycles. The Hall–Kier alpha value is -4.17. The number of hydrogen-bond acceptors (Lipinski definition) is 6. The number of nitrogens with zero attached hydrogens (tertiary/aromatic N) is 1. The fourth-order valence-electron chi connectivity index (χ4n) is 2.85. The summed E-state index contributed by atoms with van der Waals surface area (Å²) in [5.41, 5.74) is 1.12. The summed E-state index contributed by atoms with van der Waals surface area (Å²) < 4.78 is 10.5. The van der Waals surface area contributed by atoms with Crippen molar-refractivity contribution in [1.82, 2.24) is 0 Å². The lowest BCUT2D eigenvalue weighted by Gasteiger charge is -2.17. The fraction of sp³-hybridized carbons (Fsp3) is 0.0833. The second-order valence-corrected chi connectivity index (χ2v) is 7.15. The third-order valence-corrected chi connectivity index (χ3v) is 4.84. The Morgan fingerprint density at radius 1 is 1.06 bits per heavy atom. The average Bonchev–Trinajstić information content (AvgIpc) is 2.83. The number of benzene rings is 3. The Morgan fingerprint density at radius 3 is 2.36 bits per heavy atom. The van der Waals surface area contributed by atoms with E-state index in [0.29, 0.717) is 11.3 Å². The van der Waals surface area contributed by atoms with Crippen molar-refractivity contribution in [1.29, 1.82) is 0 Å². The standard InChI is InChI=1S/C24H19ClN2O6/c1-32-19-11-7-16(8-12-19)9-14-22(28)33-23(17-5-3-2-4-6-17)24(29)26-21-13-10-18(27(30)31)15-20(21)25/h2-15,23H,1H3,(H,26,29)/b14-9+. The van der Waals surface area contributed by atoms with Gasteiger partial charge >= 0.3 is 5.97 Å². The maximum Gasteiger partial charge on any atom is 0.331 e. The van der Waals surface area contributed by atoms with Gasteiger partial charge in [0.05, 0.1) is 22.7 Å². The molecule has 0 heterocycles. The molecule has 8 nitrogen and oxygen atoms in total. The zero-order valence-corrected chi connectivity index (χ0v) is 18.2. The van der Waals surface area contributed by atoms with Crippen molar-refractivity contribution in [3.63, 3.8) is 0 Å². The summed E-state index contributed by atoms with van der Waals surface area (Å²) in [6.45, 7) is 0. The minimum atomic E-state index is -1.27. The first-order valence-corrected chi connectivity index (χ1v) is 10.1. The second-order valence-electron chi connectivity index (χ2n) is 6.74. The van der Waals surface area contributed by atoms with Crippen LogP contribution in [0, 0.1) is 10.1 Å². The van der Waals surface area contributed by atoms with E-state index < -0.39 is 22.9 Å². The summed E-state index contributed by atoms with van der Waals surface area (Å²) in [7, 11) is 1.56. The molecule has 0 fully saturated rings. The van der Waals surface area contributed by atoms with Gasteiger partial charge in [-0.15, -0.1) is 0 Å². The lowest BCUT2D eigenvalue weighted by Crippen LogP contribution is -2.25. The van der Waals surface area contributed by atoms with Gasteiger partial charge in [0.2, 0.25) is 6.10 Å². The molecule has 0 aliphatic rings. The van der Waals surface area contributed by atoms with Crippen LogP contribution in [0.3, 0.4) is 0 Å². The molecular formula is C24H19ClN2O6. The summed E-state index contributed by atoms with van der Waals surface area (Å²) in [5, 5.41) is 13.4. The maximum atomic E-state index is 12.9. The number of anilines is 1. The largest absolute Gasteiger partial charge is 0.497 e. The zero-order chi connectivity index (χ0) is 23.8. The van der Waals surface area contributed by atoms with Gasteiger partial charge in [-0.1, -0.05) is 54.1 Å². The lowest BCUT2D eigenvalue weighted by atomic mass is 10.1. The van der Waals surface area contributed by atoms with E-state index >= 15 is 0 Å². The minimum absolute atomic E-state index is 0.0184. The molecule has 168 valence electrons. The van der Waals surface area contributed by atoms with Crippen LogP contribution in [0.5, 0.6) is 5.75 Å². The van der Waals surface area contributed by atoms with Crippen molar-refractivity contribution in [3.8, 4) is 5.75 Å². The van der Waals surface area contributed by atoms with Gasteiger partial charge in [0.1, 0.15) is 5.75 Å². The Labute approximate surface area is 194 Å². The van der Waals surface area contributed by atoms with E-state index in [4.69, 9.17) is 21.1 Å². The topological polar surface area (TPSA) is 108 Å². The first kappa shape index (κ1) is 23.5. The highest BCUT2D eigenvalue weighted by molar-refractivity contribution is 6.34. The third kappa shape index (κ3) is 6.41. The fourth-order valence-corrected chi connectivity index (χ4v) is 3.07. The van der Waals surface area contributed by atoms with Gasteiger partial charge < -0.3 is 14.8 Å². The summed E-state index contributed by atoms with van der Waals surface area (Å²) in [4.78, 5) is 35.7. The van der Waals surface area contributed by atoms with E-state index in [2.05, 4.69) is 5.32 Å². The Balaban J connectivity index is 1.77. The molecule has 9 heteroatoms. The predicted molar refractivity (Wildman–Crippen MR) is 124 cm³/mol. The number of nitro groups is 1. The molecule has 1 amide bonds. The highest BCUT2D eigenvalue weighted by Gasteiger charge is 2.25. The van der Waals surface area contributed by atoms with Crippen molar-refractivity contribution < 1.29 is 24.0 Å². The number of nitrogens with one attached hydrogen (secondary N) is 1. The van der Waals surface area contributed by atoms with Crippen LogP contribution in [0.25, 0.3) is 6.08 Å². The smallest absolute Gasteiger partial charge is 0.331 e. The van der Waals surface area contributed by atoms with Crippen LogP contribution in [0.15, 0.2) is 78.9 Å². The first-order chi connectivity index (χ1) is 15.9. The van der Waals surface area contributed by atoms with Gasteiger partial charge in [-0.05, 0) is 29.8 Å². The molecule has 3 aromatic carbocycles. The van der Waals surface area contributed by atoms with Gasteiger partial charge in [-0.25, -0.2) is 4.79 Å². The zero-order valence-electron chi connectivity index (χ0n) is 17.4. The number of carbonyl (C=O) groups excluding carboxylic acids is 2. The van der Waals surface area contributed by atoms with Crippen LogP contribution in [0.4, 0.5) is 11.4 Å². The minimum Gasteiger partial charge on any atom is -0.497 e. The van der Waals surface area contributed by atoms with Crippen LogP contribution < -0.4 is 10.1 Å². The molecule has 0 aliphatic heterocycles. The van der Waals surface area contributed by atoms with E-state index in [1.165, 1.54) is 18.2 Å². The maximum absolute atomic E-state index is 12.9. The van der Waals surface area contributed by atoms with Gasteiger partial charge in [0.15, 0.2) is 0 Å². The predicted octanol–water partition coefficient (Wildman–Crippen LogP) is 5.19. The van der Waals surface area contributed by atoms with Crippen molar-refractivity contribution in [3.05, 3.63) is 105 Å². The normalized spacial score (nSPS) is 11.6. The van der Waals surface area contributed by atoms with Crippen LogP contribution >= 0.6 is 11.6 Å². The Morgan fingerprint density at radius 2 is 1.76 bits per heavy atom.